The second kappa shape index (κ2) is 10.7. The highest BCUT2D eigenvalue weighted by Crippen LogP contribution is 1.89. The fraction of sp³-hybridized carbons (Fsp3) is 0.273. The first-order valence-electron chi connectivity index (χ1n) is 4.79. The van der Waals surface area contributed by atoms with E-state index in [2.05, 4.69) is 16.1 Å². The van der Waals surface area contributed by atoms with E-state index >= 15 is 0 Å². The highest BCUT2D eigenvalue weighted by molar-refractivity contribution is 5.96. The van der Waals surface area contributed by atoms with Crippen molar-refractivity contribution in [3.8, 4) is 0 Å². The summed E-state index contributed by atoms with van der Waals surface area (Å²) in [6, 6.07) is 0. The zero-order chi connectivity index (χ0) is 15.4. The molecule has 0 saturated carbocycles. The van der Waals surface area contributed by atoms with Crippen LogP contribution >= 0.6 is 0 Å². The zero-order valence-corrected chi connectivity index (χ0v) is 10.4. The number of carbonyl (C=O) groups excluding carboxylic acids is 3. The van der Waals surface area contributed by atoms with Crippen molar-refractivity contribution >= 4 is 23.9 Å². The van der Waals surface area contributed by atoms with Crippen LogP contribution < -0.4 is 0 Å². The third-order valence-corrected chi connectivity index (χ3v) is 1.27. The van der Waals surface area contributed by atoms with E-state index in [9.17, 15) is 19.2 Å². The van der Waals surface area contributed by atoms with Crippen LogP contribution in [0.15, 0.2) is 24.8 Å². The molecule has 8 nitrogen and oxygen atoms in total. The summed E-state index contributed by atoms with van der Waals surface area (Å²) < 4.78 is 8.13. The Morgan fingerprint density at radius 2 is 1.68 bits per heavy atom. The van der Waals surface area contributed by atoms with Gasteiger partial charge in [0.2, 0.25) is 0 Å². The predicted octanol–water partition coefficient (Wildman–Crippen LogP) is -0.577. The standard InChI is InChI=1S/C7H8O6.C4H6O2/c1-4(8)7(12)13-6(11)3-2-5(9)10;1-3-4(5)6-2/h2-4,8H,1H3,(H,9,10);3H,1H2,2H3/b3-2-;. The molecule has 0 aromatic heterocycles. The molecule has 1 unspecified atom stereocenters. The Bertz CT molecular complexity index is 380. The number of aliphatic carboxylic acids is 1. The van der Waals surface area contributed by atoms with Crippen molar-refractivity contribution in [2.24, 2.45) is 0 Å². The second-order valence-electron chi connectivity index (χ2n) is 2.81. The Hall–Kier alpha value is -2.48. The van der Waals surface area contributed by atoms with Gasteiger partial charge in [-0.2, -0.15) is 0 Å². The van der Waals surface area contributed by atoms with Crippen LogP contribution in [-0.4, -0.2) is 47.3 Å². The van der Waals surface area contributed by atoms with Gasteiger partial charge in [-0.25, -0.2) is 19.2 Å². The van der Waals surface area contributed by atoms with E-state index in [4.69, 9.17) is 10.2 Å². The van der Waals surface area contributed by atoms with Crippen LogP contribution in [0.2, 0.25) is 0 Å². The van der Waals surface area contributed by atoms with E-state index in [1.54, 1.807) is 0 Å². The highest BCUT2D eigenvalue weighted by atomic mass is 16.6. The molecule has 106 valence electrons. The monoisotopic (exact) mass is 274 g/mol. The molecule has 0 radical (unpaired) electrons. The first-order chi connectivity index (χ1) is 8.74. The van der Waals surface area contributed by atoms with E-state index in [0.717, 1.165) is 13.0 Å². The topological polar surface area (TPSA) is 127 Å². The lowest BCUT2D eigenvalue weighted by molar-refractivity contribution is -0.162. The van der Waals surface area contributed by atoms with Crippen LogP contribution in [0.25, 0.3) is 0 Å². The minimum atomic E-state index is -1.41. The van der Waals surface area contributed by atoms with E-state index in [-0.39, 0.29) is 0 Å². The maximum Gasteiger partial charge on any atom is 0.342 e. The zero-order valence-electron chi connectivity index (χ0n) is 10.4. The summed E-state index contributed by atoms with van der Waals surface area (Å²) in [5.74, 6) is -3.98. The largest absolute Gasteiger partial charge is 0.478 e. The summed E-state index contributed by atoms with van der Waals surface area (Å²) in [4.78, 5) is 40.8. The smallest absolute Gasteiger partial charge is 0.342 e. The van der Waals surface area contributed by atoms with Crippen molar-refractivity contribution < 1.29 is 38.9 Å². The molecule has 0 rings (SSSR count). The number of carboxylic acids is 1. The van der Waals surface area contributed by atoms with Crippen LogP contribution in [0.1, 0.15) is 6.92 Å². The number of hydrogen-bond acceptors (Lipinski definition) is 7. The highest BCUT2D eigenvalue weighted by Gasteiger charge is 2.13. The van der Waals surface area contributed by atoms with Crippen LogP contribution in [0.4, 0.5) is 0 Å². The van der Waals surface area contributed by atoms with Crippen molar-refractivity contribution in [2.75, 3.05) is 7.11 Å². The first kappa shape index (κ1) is 18.9. The van der Waals surface area contributed by atoms with Gasteiger partial charge >= 0.3 is 23.9 Å². The average molecular weight is 274 g/mol. The van der Waals surface area contributed by atoms with Crippen LogP contribution in [0.3, 0.4) is 0 Å². The molecule has 0 heterocycles. The van der Waals surface area contributed by atoms with E-state index in [0.29, 0.717) is 12.2 Å². The minimum Gasteiger partial charge on any atom is -0.478 e. The summed E-state index contributed by atoms with van der Waals surface area (Å²) in [7, 11) is 1.31. The van der Waals surface area contributed by atoms with Crippen molar-refractivity contribution in [3.05, 3.63) is 24.8 Å². The van der Waals surface area contributed by atoms with Crippen molar-refractivity contribution in [3.63, 3.8) is 0 Å². The number of rotatable bonds is 4. The number of aliphatic hydroxyl groups excluding tert-OH is 1. The van der Waals surface area contributed by atoms with Gasteiger partial charge < -0.3 is 19.7 Å². The molecule has 0 spiro atoms. The van der Waals surface area contributed by atoms with E-state index in [1.807, 2.05) is 0 Å². The van der Waals surface area contributed by atoms with Gasteiger partial charge in [0, 0.05) is 18.2 Å². The summed E-state index contributed by atoms with van der Waals surface area (Å²) in [6.45, 7) is 4.28. The summed E-state index contributed by atoms with van der Waals surface area (Å²) in [6.07, 6.45) is 0.794. The Labute approximate surface area is 108 Å². The molecule has 0 aliphatic heterocycles. The molecule has 19 heavy (non-hydrogen) atoms. The number of aliphatic hydroxyl groups is 1. The number of ether oxygens (including phenoxy) is 2. The Morgan fingerprint density at radius 3 is 1.95 bits per heavy atom. The molecule has 2 N–H and O–H groups in total. The molecular weight excluding hydrogens is 260 g/mol. The predicted molar refractivity (Wildman–Crippen MR) is 61.8 cm³/mol. The molecule has 0 amide bonds. The molecule has 0 aromatic rings. The molecule has 0 aromatic carbocycles. The number of hydrogen-bond donors (Lipinski definition) is 2. The molecular formula is C11H14O8. The molecule has 0 aliphatic carbocycles. The number of carboxylic acid groups (broad SMARTS) is 1. The van der Waals surface area contributed by atoms with Crippen molar-refractivity contribution in [1.82, 2.24) is 0 Å². The normalized spacial score (nSPS) is 10.7. The van der Waals surface area contributed by atoms with Gasteiger partial charge in [0.15, 0.2) is 0 Å². The fourth-order valence-electron chi connectivity index (χ4n) is 0.441. The number of esters is 3. The summed E-state index contributed by atoms with van der Waals surface area (Å²) in [5.41, 5.74) is 0. The third kappa shape index (κ3) is 13.5. The number of carbonyl (C=O) groups is 4. The maximum atomic E-state index is 10.6. The Morgan fingerprint density at radius 1 is 1.16 bits per heavy atom. The molecule has 8 heteroatoms. The first-order valence-corrected chi connectivity index (χ1v) is 4.79. The molecule has 1 atom stereocenters. The lowest BCUT2D eigenvalue weighted by Gasteiger charge is -2.00. The van der Waals surface area contributed by atoms with Crippen molar-refractivity contribution in [1.29, 1.82) is 0 Å². The molecule has 0 saturated heterocycles. The molecule has 0 fully saturated rings. The second-order valence-corrected chi connectivity index (χ2v) is 2.81. The van der Waals surface area contributed by atoms with Gasteiger partial charge in [0.1, 0.15) is 6.10 Å². The van der Waals surface area contributed by atoms with Crippen LogP contribution in [0, 0.1) is 0 Å². The number of methoxy groups -OCH3 is 1. The lowest BCUT2D eigenvalue weighted by Crippen LogP contribution is -2.21. The molecule has 0 aliphatic rings. The van der Waals surface area contributed by atoms with Crippen LogP contribution in [0.5, 0.6) is 0 Å². The third-order valence-electron chi connectivity index (χ3n) is 1.27. The Kier molecular flexibility index (Phi) is 10.6. The van der Waals surface area contributed by atoms with Gasteiger partial charge in [-0.15, -0.1) is 0 Å². The Balaban J connectivity index is 0. The van der Waals surface area contributed by atoms with E-state index in [1.165, 1.54) is 7.11 Å². The SMILES string of the molecule is C=CC(=O)OC.CC(O)C(=O)OC(=O)/C=C\C(=O)O. The van der Waals surface area contributed by atoms with E-state index < -0.39 is 30.0 Å². The average Bonchev–Trinajstić information content (AvgIpc) is 2.35. The molecule has 0 bridgehead atoms. The minimum absolute atomic E-state index is 0.394. The van der Waals surface area contributed by atoms with Gasteiger partial charge in [-0.05, 0) is 6.92 Å². The van der Waals surface area contributed by atoms with Gasteiger partial charge in [0.05, 0.1) is 7.11 Å². The van der Waals surface area contributed by atoms with Crippen molar-refractivity contribution in [2.45, 2.75) is 13.0 Å². The van der Waals surface area contributed by atoms with Crippen LogP contribution in [-0.2, 0) is 28.7 Å². The summed E-state index contributed by atoms with van der Waals surface area (Å²) >= 11 is 0. The fourth-order valence-corrected chi connectivity index (χ4v) is 0.441. The van der Waals surface area contributed by atoms with Gasteiger partial charge in [0.25, 0.3) is 0 Å². The van der Waals surface area contributed by atoms with Gasteiger partial charge in [-0.1, -0.05) is 6.58 Å². The maximum absolute atomic E-state index is 10.6. The quantitative estimate of drug-likeness (QED) is 0.396. The van der Waals surface area contributed by atoms with Gasteiger partial charge in [-0.3, -0.25) is 0 Å². The summed E-state index contributed by atoms with van der Waals surface area (Å²) in [5, 5.41) is 16.7. The lowest BCUT2D eigenvalue weighted by atomic mass is 10.4.